The van der Waals surface area contributed by atoms with Crippen molar-refractivity contribution in [3.63, 3.8) is 0 Å². The predicted octanol–water partition coefficient (Wildman–Crippen LogP) is 2.37. The lowest BCUT2D eigenvalue weighted by Crippen LogP contribution is -2.51. The molecule has 2 rings (SSSR count). The molecule has 1 aromatic carbocycles. The number of nitrogen functional groups attached to an aromatic ring is 1. The van der Waals surface area contributed by atoms with Gasteiger partial charge in [0.05, 0.1) is 0 Å². The van der Waals surface area contributed by atoms with Crippen LogP contribution in [0.15, 0.2) is 24.3 Å². The molecule has 8 nitrogen and oxygen atoms in total. The number of carbonyl (C=O) groups excluding carboxylic acids is 3. The summed E-state index contributed by atoms with van der Waals surface area (Å²) in [6.45, 7) is 10.4. The van der Waals surface area contributed by atoms with Crippen LogP contribution in [0.1, 0.15) is 57.8 Å². The molecule has 0 aliphatic carbocycles. The maximum absolute atomic E-state index is 12.8. The minimum atomic E-state index is -0.657. The molecule has 1 saturated heterocycles. The van der Waals surface area contributed by atoms with Gasteiger partial charge in [0.1, 0.15) is 11.6 Å². The molecule has 0 aromatic heterocycles. The van der Waals surface area contributed by atoms with E-state index in [-0.39, 0.29) is 23.7 Å². The van der Waals surface area contributed by atoms with Gasteiger partial charge in [-0.15, -0.1) is 0 Å². The van der Waals surface area contributed by atoms with E-state index >= 15 is 0 Å². The SMILES string of the molecule is CCO[C@H](C(=O)OC(C)(C)C)C1CCN(C(=O)C(C)NC(=O)c2ccc(N)cc2)CC1. The zero-order chi connectivity index (χ0) is 23.2. The lowest BCUT2D eigenvalue weighted by Gasteiger charge is -2.36. The summed E-state index contributed by atoms with van der Waals surface area (Å²) in [5.41, 5.74) is 6.08. The summed E-state index contributed by atoms with van der Waals surface area (Å²) in [6, 6.07) is 5.88. The molecule has 172 valence electrons. The van der Waals surface area contributed by atoms with Gasteiger partial charge < -0.3 is 25.4 Å². The van der Waals surface area contributed by atoms with Crippen molar-refractivity contribution in [2.75, 3.05) is 25.4 Å². The number of nitrogens with zero attached hydrogens (tertiary/aromatic N) is 1. The number of piperidine rings is 1. The zero-order valence-electron chi connectivity index (χ0n) is 19.1. The first-order chi connectivity index (χ1) is 14.5. The molecule has 1 aromatic rings. The molecule has 2 amide bonds. The molecule has 0 saturated carbocycles. The zero-order valence-corrected chi connectivity index (χ0v) is 19.1. The number of anilines is 1. The molecule has 8 heteroatoms. The van der Waals surface area contributed by atoms with Crippen molar-refractivity contribution in [2.24, 2.45) is 5.92 Å². The van der Waals surface area contributed by atoms with Crippen LogP contribution in [0.5, 0.6) is 0 Å². The van der Waals surface area contributed by atoms with Gasteiger partial charge >= 0.3 is 5.97 Å². The fourth-order valence-electron chi connectivity index (χ4n) is 3.61. The highest BCUT2D eigenvalue weighted by Gasteiger charge is 2.36. The van der Waals surface area contributed by atoms with E-state index in [1.54, 1.807) is 36.1 Å². The Morgan fingerprint density at radius 2 is 1.74 bits per heavy atom. The number of benzene rings is 1. The molecule has 3 N–H and O–H groups in total. The molecule has 1 unspecified atom stereocenters. The second-order valence-electron chi connectivity index (χ2n) is 8.89. The summed E-state index contributed by atoms with van der Waals surface area (Å²) in [5.74, 6) is -0.841. The van der Waals surface area contributed by atoms with Gasteiger partial charge in [-0.3, -0.25) is 9.59 Å². The Labute approximate surface area is 184 Å². The van der Waals surface area contributed by atoms with Gasteiger partial charge in [-0.2, -0.15) is 0 Å². The number of ether oxygens (including phenoxy) is 2. The Balaban J connectivity index is 1.91. The Bertz CT molecular complexity index is 764. The minimum Gasteiger partial charge on any atom is -0.458 e. The van der Waals surface area contributed by atoms with Crippen molar-refractivity contribution < 1.29 is 23.9 Å². The van der Waals surface area contributed by atoms with Gasteiger partial charge in [0, 0.05) is 30.9 Å². The fourth-order valence-corrected chi connectivity index (χ4v) is 3.61. The van der Waals surface area contributed by atoms with Gasteiger partial charge in [0.25, 0.3) is 5.91 Å². The summed E-state index contributed by atoms with van der Waals surface area (Å²) in [7, 11) is 0. The first-order valence-electron chi connectivity index (χ1n) is 10.8. The molecule has 0 spiro atoms. The summed E-state index contributed by atoms with van der Waals surface area (Å²) < 4.78 is 11.2. The highest BCUT2D eigenvalue weighted by atomic mass is 16.6. The van der Waals surface area contributed by atoms with E-state index in [0.29, 0.717) is 43.8 Å². The Morgan fingerprint density at radius 3 is 2.26 bits per heavy atom. The van der Waals surface area contributed by atoms with Gasteiger partial charge in [-0.1, -0.05) is 0 Å². The van der Waals surface area contributed by atoms with Gasteiger partial charge in [0.2, 0.25) is 5.91 Å². The normalized spacial score (nSPS) is 17.0. The third kappa shape index (κ3) is 7.24. The summed E-state index contributed by atoms with van der Waals surface area (Å²) in [4.78, 5) is 39.5. The van der Waals surface area contributed by atoms with E-state index in [1.807, 2.05) is 27.7 Å². The maximum atomic E-state index is 12.8. The number of hydrogen-bond donors (Lipinski definition) is 2. The number of carbonyl (C=O) groups is 3. The van der Waals surface area contributed by atoms with Crippen LogP contribution in [-0.4, -0.2) is 60.1 Å². The molecule has 1 aliphatic rings. The quantitative estimate of drug-likeness (QED) is 0.504. The molecular weight excluding hydrogens is 398 g/mol. The van der Waals surface area contributed by atoms with Crippen molar-refractivity contribution in [1.82, 2.24) is 10.2 Å². The largest absolute Gasteiger partial charge is 0.458 e. The fraction of sp³-hybridized carbons (Fsp3) is 0.609. The molecular formula is C23H35N3O5. The summed E-state index contributed by atoms with van der Waals surface area (Å²) >= 11 is 0. The van der Waals surface area contributed by atoms with Gasteiger partial charge in [-0.25, -0.2) is 4.79 Å². The lowest BCUT2D eigenvalue weighted by atomic mass is 9.90. The molecule has 1 fully saturated rings. The average Bonchev–Trinajstić information content (AvgIpc) is 2.70. The average molecular weight is 434 g/mol. The summed E-state index contributed by atoms with van der Waals surface area (Å²) in [6.07, 6.45) is 0.631. The van der Waals surface area contributed by atoms with Crippen LogP contribution in [0.3, 0.4) is 0 Å². The van der Waals surface area contributed by atoms with Crippen LogP contribution in [-0.2, 0) is 19.1 Å². The number of nitrogens with one attached hydrogen (secondary N) is 1. The van der Waals surface area contributed by atoms with Crippen LogP contribution in [0.25, 0.3) is 0 Å². The first kappa shape index (κ1) is 24.7. The number of likely N-dealkylation sites (tertiary alicyclic amines) is 1. The Hall–Kier alpha value is -2.61. The Kier molecular flexibility index (Phi) is 8.44. The van der Waals surface area contributed by atoms with Crippen molar-refractivity contribution in [3.05, 3.63) is 29.8 Å². The molecule has 1 heterocycles. The van der Waals surface area contributed by atoms with Gasteiger partial charge in [0.15, 0.2) is 6.10 Å². The second-order valence-corrected chi connectivity index (χ2v) is 8.89. The number of nitrogens with two attached hydrogens (primary N) is 1. The number of hydrogen-bond acceptors (Lipinski definition) is 6. The highest BCUT2D eigenvalue weighted by Crippen LogP contribution is 2.25. The predicted molar refractivity (Wildman–Crippen MR) is 118 cm³/mol. The van der Waals surface area contributed by atoms with E-state index in [2.05, 4.69) is 5.32 Å². The van der Waals surface area contributed by atoms with Crippen molar-refractivity contribution >= 4 is 23.5 Å². The third-order valence-corrected chi connectivity index (χ3v) is 5.16. The van der Waals surface area contributed by atoms with Crippen LogP contribution < -0.4 is 11.1 Å². The molecule has 1 aliphatic heterocycles. The van der Waals surface area contributed by atoms with Crippen molar-refractivity contribution in [1.29, 1.82) is 0 Å². The molecule has 2 atom stereocenters. The monoisotopic (exact) mass is 433 g/mol. The standard InChI is InChI=1S/C23H35N3O5/c1-6-30-19(22(29)31-23(3,4)5)16-11-13-26(14-12-16)21(28)15(2)25-20(27)17-7-9-18(24)10-8-17/h7-10,15-16,19H,6,11-14,24H2,1-5H3,(H,25,27)/t15?,19-/m0/s1. The summed E-state index contributed by atoms with van der Waals surface area (Å²) in [5, 5.41) is 2.74. The van der Waals surface area contributed by atoms with E-state index in [0.717, 1.165) is 0 Å². The van der Waals surface area contributed by atoms with Crippen LogP contribution >= 0.6 is 0 Å². The Morgan fingerprint density at radius 1 is 1.16 bits per heavy atom. The maximum Gasteiger partial charge on any atom is 0.336 e. The van der Waals surface area contributed by atoms with Crippen LogP contribution in [0, 0.1) is 5.92 Å². The topological polar surface area (TPSA) is 111 Å². The number of esters is 1. The third-order valence-electron chi connectivity index (χ3n) is 5.16. The highest BCUT2D eigenvalue weighted by molar-refractivity contribution is 5.97. The number of rotatable bonds is 7. The molecule has 31 heavy (non-hydrogen) atoms. The number of amides is 2. The molecule has 0 radical (unpaired) electrons. The van der Waals surface area contributed by atoms with Crippen LogP contribution in [0.4, 0.5) is 5.69 Å². The van der Waals surface area contributed by atoms with E-state index < -0.39 is 17.7 Å². The minimum absolute atomic E-state index is 0.0153. The van der Waals surface area contributed by atoms with Crippen molar-refractivity contribution in [2.45, 2.75) is 65.2 Å². The van der Waals surface area contributed by atoms with E-state index in [9.17, 15) is 14.4 Å². The second kappa shape index (κ2) is 10.6. The van der Waals surface area contributed by atoms with Crippen LogP contribution in [0.2, 0.25) is 0 Å². The molecule has 0 bridgehead atoms. The van der Waals surface area contributed by atoms with Crippen molar-refractivity contribution in [3.8, 4) is 0 Å². The van der Waals surface area contributed by atoms with Gasteiger partial charge in [-0.05, 0) is 77.6 Å². The lowest BCUT2D eigenvalue weighted by molar-refractivity contribution is -0.173. The van der Waals surface area contributed by atoms with E-state index in [4.69, 9.17) is 15.2 Å². The first-order valence-corrected chi connectivity index (χ1v) is 10.8. The smallest absolute Gasteiger partial charge is 0.336 e. The van der Waals surface area contributed by atoms with E-state index in [1.165, 1.54) is 0 Å².